The van der Waals surface area contributed by atoms with E-state index in [0.29, 0.717) is 74.3 Å². The Kier molecular flexibility index (Phi) is 18.6. The van der Waals surface area contributed by atoms with Crippen LogP contribution in [-0.4, -0.2) is 62.1 Å². The molecule has 1 N–H and O–H groups in total. The molecule has 0 saturated heterocycles. The predicted octanol–water partition coefficient (Wildman–Crippen LogP) is 10.9. The van der Waals surface area contributed by atoms with Crippen LogP contribution < -0.4 is 4.74 Å². The van der Waals surface area contributed by atoms with Crippen molar-refractivity contribution in [2.45, 2.75) is 192 Å². The number of alkyl halides is 1. The summed E-state index contributed by atoms with van der Waals surface area (Å²) in [4.78, 5) is 68.4. The summed E-state index contributed by atoms with van der Waals surface area (Å²) in [5.74, 6) is 2.58. The average Bonchev–Trinajstić information content (AvgIpc) is 3.30. The summed E-state index contributed by atoms with van der Waals surface area (Å²) in [6.45, 7) is 3.65. The molecule has 0 spiro atoms. The van der Waals surface area contributed by atoms with E-state index in [2.05, 4.69) is 19.9 Å². The Balaban J connectivity index is 0.000000228. The first-order valence-corrected chi connectivity index (χ1v) is 23.7. The molecule has 60 heavy (non-hydrogen) atoms. The number of carbonyl (C=O) groups excluding carboxylic acids is 3. The third-order valence-electron chi connectivity index (χ3n) is 15.0. The number of carbonyl (C=O) groups is 4. The fourth-order valence-corrected chi connectivity index (χ4v) is 11.4. The molecule has 4 saturated carbocycles. The Morgan fingerprint density at radius 1 is 0.767 bits per heavy atom. The largest absolute Gasteiger partial charge is 0.480 e. The van der Waals surface area contributed by atoms with Crippen molar-refractivity contribution >= 4 is 23.3 Å². The van der Waals surface area contributed by atoms with Gasteiger partial charge in [-0.15, -0.1) is 0 Å². The van der Waals surface area contributed by atoms with Crippen LogP contribution in [-0.2, 0) is 31.0 Å². The number of carboxylic acid groups (broad SMARTS) is 1. The minimum Gasteiger partial charge on any atom is -0.480 e. The molecule has 0 amide bonds. The zero-order valence-corrected chi connectivity index (χ0v) is 36.9. The summed E-state index contributed by atoms with van der Waals surface area (Å²) >= 11 is 0. The summed E-state index contributed by atoms with van der Waals surface area (Å²) in [5, 5.41) is 10.6. The van der Waals surface area contributed by atoms with Crippen molar-refractivity contribution in [2.75, 3.05) is 13.8 Å². The van der Waals surface area contributed by atoms with Crippen molar-refractivity contribution in [3.8, 4) is 6.01 Å². The van der Waals surface area contributed by atoms with Crippen LogP contribution in [0.15, 0.2) is 24.8 Å². The number of aromatic nitrogens is 4. The third kappa shape index (κ3) is 11.6. The second-order valence-corrected chi connectivity index (χ2v) is 18.5. The highest BCUT2D eigenvalue weighted by Crippen LogP contribution is 2.60. The van der Waals surface area contributed by atoms with E-state index >= 15 is 0 Å². The maximum Gasteiger partial charge on any atom is 0.318 e. The summed E-state index contributed by atoms with van der Waals surface area (Å²) in [7, 11) is 1.52. The number of carboxylic acids is 1. The zero-order chi connectivity index (χ0) is 43.0. The highest BCUT2D eigenvalue weighted by Gasteiger charge is 2.65. The lowest BCUT2D eigenvalue weighted by Gasteiger charge is -2.55. The van der Waals surface area contributed by atoms with Gasteiger partial charge in [0.25, 0.3) is 0 Å². The molecule has 2 unspecified atom stereocenters. The van der Waals surface area contributed by atoms with E-state index < -0.39 is 16.8 Å². The molecule has 2 aromatic heterocycles. The molecule has 0 radical (unpaired) electrons. The van der Waals surface area contributed by atoms with Crippen molar-refractivity contribution in [1.29, 1.82) is 0 Å². The number of ether oxygens (including phenoxy) is 1. The molecule has 2 aromatic rings. The quantitative estimate of drug-likeness (QED) is 0.136. The fourth-order valence-electron chi connectivity index (χ4n) is 11.4. The minimum atomic E-state index is -1.39. The molecule has 0 aliphatic heterocycles. The summed E-state index contributed by atoms with van der Waals surface area (Å²) in [6.07, 6.45) is 30.2. The lowest BCUT2D eigenvalue weighted by Crippen LogP contribution is -2.61. The van der Waals surface area contributed by atoms with E-state index in [9.17, 15) is 28.7 Å². The molecule has 0 bridgehead atoms. The van der Waals surface area contributed by atoms with Gasteiger partial charge in [-0.3, -0.25) is 23.6 Å². The van der Waals surface area contributed by atoms with Gasteiger partial charge in [0.15, 0.2) is 5.78 Å². The molecule has 10 nitrogen and oxygen atoms in total. The Morgan fingerprint density at radius 2 is 1.42 bits per heavy atom. The van der Waals surface area contributed by atoms with Crippen LogP contribution in [0.25, 0.3) is 0 Å². The number of halogens is 1. The normalized spacial score (nSPS) is 27.3. The Labute approximate surface area is 358 Å². The van der Waals surface area contributed by atoms with E-state index in [1.165, 1.54) is 19.1 Å². The number of aryl methyl sites for hydroxylation is 1. The second-order valence-electron chi connectivity index (χ2n) is 18.5. The lowest BCUT2D eigenvalue weighted by atomic mass is 9.45. The molecule has 6 rings (SSSR count). The van der Waals surface area contributed by atoms with E-state index in [4.69, 9.17) is 4.74 Å². The van der Waals surface area contributed by atoms with Crippen molar-refractivity contribution in [1.82, 2.24) is 19.9 Å². The van der Waals surface area contributed by atoms with Gasteiger partial charge in [0.2, 0.25) is 0 Å². The van der Waals surface area contributed by atoms with E-state index in [1.807, 2.05) is 26.2 Å². The summed E-state index contributed by atoms with van der Waals surface area (Å²) in [6, 6.07) is 0.265. The number of methoxy groups -OCH3 is 1. The second kappa shape index (κ2) is 23.5. The number of unbranched alkanes of at least 4 members (excludes halogenated alkanes) is 1. The highest BCUT2D eigenvalue weighted by molar-refractivity contribution is 6.05. The van der Waals surface area contributed by atoms with Gasteiger partial charge in [0.05, 0.1) is 13.8 Å². The predicted molar refractivity (Wildman–Crippen MR) is 231 cm³/mol. The summed E-state index contributed by atoms with van der Waals surface area (Å²) < 4.78 is 17.4. The maximum atomic E-state index is 13.6. The maximum absolute atomic E-state index is 13.6. The van der Waals surface area contributed by atoms with Gasteiger partial charge in [-0.1, -0.05) is 52.4 Å². The van der Waals surface area contributed by atoms with Crippen LogP contribution in [0.2, 0.25) is 0 Å². The molecule has 11 heteroatoms. The van der Waals surface area contributed by atoms with Gasteiger partial charge in [-0.05, 0) is 131 Å². The topological polar surface area (TPSA) is 149 Å². The van der Waals surface area contributed by atoms with Crippen molar-refractivity contribution in [3.63, 3.8) is 0 Å². The van der Waals surface area contributed by atoms with Gasteiger partial charge in [-0.2, -0.15) is 0 Å². The first-order chi connectivity index (χ1) is 29.1. The number of aliphatic carboxylic acids is 1. The Bertz CT molecular complexity index is 1650. The Hall–Kier alpha value is -3.63. The first kappa shape index (κ1) is 47.4. The Morgan fingerprint density at radius 3 is 2.02 bits per heavy atom. The highest BCUT2D eigenvalue weighted by atomic mass is 19.1. The molecule has 4 fully saturated rings. The number of hydrogen-bond acceptors (Lipinski definition) is 9. The van der Waals surface area contributed by atoms with Gasteiger partial charge >= 0.3 is 12.0 Å². The van der Waals surface area contributed by atoms with E-state index in [-0.39, 0.29) is 30.3 Å². The van der Waals surface area contributed by atoms with Crippen LogP contribution in [0.5, 0.6) is 6.01 Å². The fraction of sp³-hybridized carbons (Fsp3) is 0.755. The van der Waals surface area contributed by atoms with Gasteiger partial charge in [-0.25, -0.2) is 19.9 Å². The smallest absolute Gasteiger partial charge is 0.318 e. The minimum absolute atomic E-state index is 0.104. The van der Waals surface area contributed by atoms with Crippen LogP contribution >= 0.6 is 0 Å². The number of rotatable bonds is 19. The van der Waals surface area contributed by atoms with Gasteiger partial charge in [0.1, 0.15) is 22.8 Å². The zero-order valence-electron chi connectivity index (χ0n) is 36.9. The number of hydrogen-bond donors (Lipinski definition) is 1. The van der Waals surface area contributed by atoms with Crippen LogP contribution in [0, 0.1) is 29.1 Å². The number of Topliss-reactive ketones (excluding diaryl/α,β-unsaturated/α-hetero) is 3. The van der Waals surface area contributed by atoms with E-state index in [0.717, 1.165) is 127 Å². The van der Waals surface area contributed by atoms with E-state index in [1.54, 1.807) is 12.4 Å². The monoisotopic (exact) mass is 833 g/mol. The molecule has 0 aromatic carbocycles. The van der Waals surface area contributed by atoms with Gasteiger partial charge in [0, 0.05) is 68.2 Å². The third-order valence-corrected chi connectivity index (χ3v) is 15.0. The summed E-state index contributed by atoms with van der Waals surface area (Å²) in [5.41, 5.74) is -0.139. The van der Waals surface area contributed by atoms with Crippen LogP contribution in [0.3, 0.4) is 0 Å². The molecule has 4 aliphatic rings. The molecule has 332 valence electrons. The first-order valence-electron chi connectivity index (χ1n) is 23.7. The average molecular weight is 833 g/mol. The molecule has 4 aliphatic carbocycles. The van der Waals surface area contributed by atoms with Gasteiger partial charge < -0.3 is 9.84 Å². The standard InChI is InChI=1S/C26H39FN2O2.C23H34N2O4/c1-2-24(30)14-9-19-5-12-22(13-6-19)25(31)16-20-7-10-21(11-8-20)23-17-28-26(29-18-23)4-3-15-27;1-3-4-12-19(26)23(20(27)28)14-9-8-13-22(23,17-10-6-5-7-11-17)18-15-24-21(29-2)25-16-18/h17-22H,2-16H2,1H3;15-17H,3-14H2,1-2H3,(H,27,28)/t19-,20-,21-,22-;. The number of nitrogens with zero attached hydrogens (tertiary/aromatic N) is 4. The molecular formula is C49H73FN4O6. The SMILES string of the molecule is CCC(=O)CC[C@H]1CC[C@H](C(=O)C[C@H]2CC[C@H](c3cnc(CCCF)nc3)CC2)CC1.CCCCC(=O)C1(C(=O)O)CCCCC1(c1cnc(OC)nc1)C1CCCCC1. The van der Waals surface area contributed by atoms with Crippen LogP contribution in [0.4, 0.5) is 4.39 Å². The van der Waals surface area contributed by atoms with Crippen molar-refractivity contribution in [3.05, 3.63) is 41.7 Å². The van der Waals surface area contributed by atoms with Crippen molar-refractivity contribution in [2.24, 2.45) is 29.1 Å². The van der Waals surface area contributed by atoms with Crippen molar-refractivity contribution < 1.29 is 33.4 Å². The molecule has 2 atom stereocenters. The van der Waals surface area contributed by atoms with Crippen LogP contribution in [0.1, 0.15) is 197 Å². The molecular weight excluding hydrogens is 760 g/mol. The lowest BCUT2D eigenvalue weighted by molar-refractivity contribution is -0.168. The number of ketones is 3. The molecule has 2 heterocycles.